The minimum absolute atomic E-state index is 0.0536. The quantitative estimate of drug-likeness (QED) is 0.738. The van der Waals surface area contributed by atoms with Crippen molar-refractivity contribution in [3.8, 4) is 0 Å². The van der Waals surface area contributed by atoms with Gasteiger partial charge in [0.25, 0.3) is 0 Å². The van der Waals surface area contributed by atoms with Crippen molar-refractivity contribution in [2.24, 2.45) is 0 Å². The van der Waals surface area contributed by atoms with Gasteiger partial charge in [0.1, 0.15) is 4.90 Å². The van der Waals surface area contributed by atoms with Crippen molar-refractivity contribution < 1.29 is 18.0 Å². The van der Waals surface area contributed by atoms with Crippen LogP contribution in [0.5, 0.6) is 0 Å². The molecule has 1 heterocycles. The van der Waals surface area contributed by atoms with Crippen molar-refractivity contribution in [1.29, 1.82) is 0 Å². The lowest BCUT2D eigenvalue weighted by Gasteiger charge is -2.33. The van der Waals surface area contributed by atoms with Gasteiger partial charge in [-0.2, -0.15) is 4.31 Å². The second-order valence-electron chi connectivity index (χ2n) is 7.11. The monoisotopic (exact) mass is 428 g/mol. The zero-order valence-corrected chi connectivity index (χ0v) is 17.1. The summed E-state index contributed by atoms with van der Waals surface area (Å²) in [5.74, 6) is -0.391. The van der Waals surface area contributed by atoms with Gasteiger partial charge in [-0.1, -0.05) is 36.6 Å². The summed E-state index contributed by atoms with van der Waals surface area (Å²) in [5, 5.41) is 5.35. The molecule has 8 nitrogen and oxygen atoms in total. The Balaban J connectivity index is 1.46. The van der Waals surface area contributed by atoms with E-state index in [1.54, 1.807) is 18.2 Å². The Kier molecular flexibility index (Phi) is 6.92. The SMILES string of the molecule is O=C(CN1CCN(S(=O)(=O)c2ccccc2Cl)CC1)NC(=O)NC1CCCC1. The van der Waals surface area contributed by atoms with Gasteiger partial charge in [-0.05, 0) is 25.0 Å². The first-order valence-corrected chi connectivity index (χ1v) is 11.3. The molecule has 1 aliphatic carbocycles. The number of halogens is 1. The van der Waals surface area contributed by atoms with Gasteiger partial charge in [0.05, 0.1) is 11.6 Å². The van der Waals surface area contributed by atoms with E-state index in [4.69, 9.17) is 11.6 Å². The van der Waals surface area contributed by atoms with E-state index in [0.29, 0.717) is 13.1 Å². The minimum atomic E-state index is -3.67. The summed E-state index contributed by atoms with van der Waals surface area (Å²) in [6, 6.07) is 6.03. The number of hydrogen-bond acceptors (Lipinski definition) is 5. The highest BCUT2D eigenvalue weighted by molar-refractivity contribution is 7.89. The topological polar surface area (TPSA) is 98.8 Å². The van der Waals surface area contributed by atoms with Crippen molar-refractivity contribution >= 4 is 33.6 Å². The Labute approximate surface area is 170 Å². The molecule has 1 aromatic carbocycles. The number of amides is 3. The van der Waals surface area contributed by atoms with Crippen molar-refractivity contribution in [3.05, 3.63) is 29.3 Å². The summed E-state index contributed by atoms with van der Waals surface area (Å²) in [6.07, 6.45) is 4.09. The molecule has 0 bridgehead atoms. The molecule has 2 aliphatic rings. The summed E-state index contributed by atoms with van der Waals surface area (Å²) in [7, 11) is -3.67. The summed E-state index contributed by atoms with van der Waals surface area (Å²) >= 11 is 6.03. The number of hydrogen-bond donors (Lipinski definition) is 2. The number of benzene rings is 1. The maximum Gasteiger partial charge on any atom is 0.321 e. The molecule has 28 heavy (non-hydrogen) atoms. The number of nitrogens with one attached hydrogen (secondary N) is 2. The van der Waals surface area contributed by atoms with Gasteiger partial charge >= 0.3 is 6.03 Å². The van der Waals surface area contributed by atoms with Crippen molar-refractivity contribution in [2.45, 2.75) is 36.6 Å². The van der Waals surface area contributed by atoms with Crippen LogP contribution in [-0.2, 0) is 14.8 Å². The molecule has 0 atom stereocenters. The Morgan fingerprint density at radius 1 is 1.07 bits per heavy atom. The lowest BCUT2D eigenvalue weighted by atomic mass is 10.2. The normalized spacial score (nSPS) is 19.5. The molecule has 0 unspecified atom stereocenters. The second kappa shape index (κ2) is 9.21. The lowest BCUT2D eigenvalue weighted by molar-refractivity contribution is -0.121. The number of sulfonamides is 1. The van der Waals surface area contributed by atoms with Crippen LogP contribution in [0, 0.1) is 0 Å². The highest BCUT2D eigenvalue weighted by atomic mass is 35.5. The van der Waals surface area contributed by atoms with Crippen LogP contribution in [0.15, 0.2) is 29.2 Å². The van der Waals surface area contributed by atoms with E-state index in [9.17, 15) is 18.0 Å². The molecule has 154 valence electrons. The van der Waals surface area contributed by atoms with Crippen LogP contribution in [0.3, 0.4) is 0 Å². The highest BCUT2D eigenvalue weighted by Gasteiger charge is 2.30. The zero-order valence-electron chi connectivity index (χ0n) is 15.6. The number of carbonyl (C=O) groups excluding carboxylic acids is 2. The van der Waals surface area contributed by atoms with Gasteiger partial charge in [-0.15, -0.1) is 0 Å². The van der Waals surface area contributed by atoms with E-state index in [2.05, 4.69) is 10.6 Å². The van der Waals surface area contributed by atoms with E-state index >= 15 is 0 Å². The maximum atomic E-state index is 12.7. The summed E-state index contributed by atoms with van der Waals surface area (Å²) in [4.78, 5) is 25.9. The predicted molar refractivity (Wildman–Crippen MR) is 106 cm³/mol. The van der Waals surface area contributed by atoms with Crippen LogP contribution in [0.2, 0.25) is 5.02 Å². The average molecular weight is 429 g/mol. The number of rotatable bonds is 5. The molecule has 3 rings (SSSR count). The molecule has 1 aliphatic heterocycles. The summed E-state index contributed by atoms with van der Waals surface area (Å²) < 4.78 is 26.8. The first kappa shape index (κ1) is 21.0. The van der Waals surface area contributed by atoms with Crippen LogP contribution in [0.25, 0.3) is 0 Å². The molecular weight excluding hydrogens is 404 g/mol. The standard InChI is InChI=1S/C18H25ClN4O4S/c19-15-7-3-4-8-16(15)28(26,27)23-11-9-22(10-12-23)13-17(24)21-18(25)20-14-5-1-2-6-14/h3-4,7-8,14H,1-2,5-6,9-13H2,(H2,20,21,24,25). The first-order valence-electron chi connectivity index (χ1n) is 9.43. The average Bonchev–Trinajstić information content (AvgIpc) is 3.15. The Morgan fingerprint density at radius 2 is 1.71 bits per heavy atom. The number of carbonyl (C=O) groups is 2. The number of urea groups is 1. The van der Waals surface area contributed by atoms with E-state index in [-0.39, 0.29) is 35.6 Å². The van der Waals surface area contributed by atoms with E-state index in [0.717, 1.165) is 25.7 Å². The van der Waals surface area contributed by atoms with Crippen LogP contribution < -0.4 is 10.6 Å². The van der Waals surface area contributed by atoms with Crippen LogP contribution in [0.4, 0.5) is 4.79 Å². The van der Waals surface area contributed by atoms with Crippen molar-refractivity contribution in [3.63, 3.8) is 0 Å². The van der Waals surface area contributed by atoms with Gasteiger partial charge in [-0.25, -0.2) is 13.2 Å². The minimum Gasteiger partial charge on any atom is -0.335 e. The fraction of sp³-hybridized carbons (Fsp3) is 0.556. The van der Waals surface area contributed by atoms with Gasteiger partial charge in [0, 0.05) is 32.2 Å². The predicted octanol–water partition coefficient (Wildman–Crippen LogP) is 1.41. The second-order valence-corrected chi connectivity index (χ2v) is 9.43. The molecule has 0 spiro atoms. The highest BCUT2D eigenvalue weighted by Crippen LogP contribution is 2.25. The third kappa shape index (κ3) is 5.22. The third-order valence-electron chi connectivity index (χ3n) is 5.10. The number of nitrogens with zero attached hydrogens (tertiary/aromatic N) is 2. The first-order chi connectivity index (χ1) is 13.4. The molecular formula is C18H25ClN4O4S. The zero-order chi connectivity index (χ0) is 20.1. The molecule has 1 aromatic rings. The fourth-order valence-corrected chi connectivity index (χ4v) is 5.50. The number of piperazine rings is 1. The van der Waals surface area contributed by atoms with Gasteiger partial charge < -0.3 is 5.32 Å². The van der Waals surface area contributed by atoms with Crippen LogP contribution in [0.1, 0.15) is 25.7 Å². The van der Waals surface area contributed by atoms with Gasteiger partial charge in [-0.3, -0.25) is 15.0 Å². The molecule has 0 aromatic heterocycles. The molecule has 1 saturated heterocycles. The summed E-state index contributed by atoms with van der Waals surface area (Å²) in [5.41, 5.74) is 0. The van der Waals surface area contributed by atoms with Gasteiger partial charge in [0.2, 0.25) is 15.9 Å². The molecule has 3 amide bonds. The molecule has 0 radical (unpaired) electrons. The molecule has 2 N–H and O–H groups in total. The van der Waals surface area contributed by atoms with Crippen molar-refractivity contribution in [1.82, 2.24) is 19.8 Å². The smallest absolute Gasteiger partial charge is 0.321 e. The fourth-order valence-electron chi connectivity index (χ4n) is 3.58. The molecule has 10 heteroatoms. The third-order valence-corrected chi connectivity index (χ3v) is 7.49. The number of imide groups is 1. The van der Waals surface area contributed by atoms with E-state index < -0.39 is 22.0 Å². The Hall–Kier alpha value is -1.68. The Morgan fingerprint density at radius 3 is 2.36 bits per heavy atom. The van der Waals surface area contributed by atoms with Crippen LogP contribution in [-0.4, -0.2) is 68.3 Å². The van der Waals surface area contributed by atoms with E-state index in [1.807, 2.05) is 4.90 Å². The molecule has 2 fully saturated rings. The van der Waals surface area contributed by atoms with Crippen LogP contribution >= 0.6 is 11.6 Å². The summed E-state index contributed by atoms with van der Waals surface area (Å²) in [6.45, 7) is 1.38. The van der Waals surface area contributed by atoms with Gasteiger partial charge in [0.15, 0.2) is 0 Å². The van der Waals surface area contributed by atoms with E-state index in [1.165, 1.54) is 10.4 Å². The van der Waals surface area contributed by atoms with Crippen molar-refractivity contribution in [2.75, 3.05) is 32.7 Å². The largest absolute Gasteiger partial charge is 0.335 e. The maximum absolute atomic E-state index is 12.7. The lowest BCUT2D eigenvalue weighted by Crippen LogP contribution is -2.52. The Bertz CT molecular complexity index is 819. The molecule has 1 saturated carbocycles.